The normalized spacial score (nSPS) is 12.5. The minimum atomic E-state index is 0.242. The van der Waals surface area contributed by atoms with Crippen LogP contribution in [0.2, 0.25) is 0 Å². The summed E-state index contributed by atoms with van der Waals surface area (Å²) < 4.78 is 16.3. The van der Waals surface area contributed by atoms with Crippen LogP contribution in [-0.4, -0.2) is 23.9 Å². The third-order valence-electron chi connectivity index (χ3n) is 3.34. The van der Waals surface area contributed by atoms with Crippen LogP contribution in [0, 0.1) is 6.92 Å². The van der Waals surface area contributed by atoms with Gasteiger partial charge in [-0.1, -0.05) is 6.92 Å². The standard InChI is InChI=1S/C16H18N2O3/c1-4-5-16-17-10(2)6-12(18-16)11-7-14-15(21-9-20-14)8-13(11)19-3/h6-8H,4-5,9H2,1-3H3. The van der Waals surface area contributed by atoms with E-state index < -0.39 is 0 Å². The van der Waals surface area contributed by atoms with E-state index in [9.17, 15) is 0 Å². The molecule has 2 aromatic rings. The zero-order valence-corrected chi connectivity index (χ0v) is 12.5. The van der Waals surface area contributed by atoms with Crippen molar-refractivity contribution in [3.8, 4) is 28.5 Å². The molecule has 5 heteroatoms. The maximum absolute atomic E-state index is 5.47. The van der Waals surface area contributed by atoms with Crippen molar-refractivity contribution >= 4 is 0 Å². The Morgan fingerprint density at radius 2 is 1.90 bits per heavy atom. The fourth-order valence-corrected chi connectivity index (χ4v) is 2.40. The summed E-state index contributed by atoms with van der Waals surface area (Å²) in [5.74, 6) is 3.00. The van der Waals surface area contributed by atoms with Gasteiger partial charge in [-0.05, 0) is 25.5 Å². The molecular formula is C16H18N2O3. The van der Waals surface area contributed by atoms with Gasteiger partial charge >= 0.3 is 0 Å². The number of aromatic nitrogens is 2. The topological polar surface area (TPSA) is 53.5 Å². The van der Waals surface area contributed by atoms with Crippen LogP contribution in [0.25, 0.3) is 11.3 Å². The van der Waals surface area contributed by atoms with Gasteiger partial charge in [-0.25, -0.2) is 9.97 Å². The number of hydrogen-bond acceptors (Lipinski definition) is 5. The van der Waals surface area contributed by atoms with E-state index in [0.717, 1.165) is 47.1 Å². The summed E-state index contributed by atoms with van der Waals surface area (Å²) in [5.41, 5.74) is 2.69. The molecule has 0 unspecified atom stereocenters. The molecule has 0 amide bonds. The van der Waals surface area contributed by atoms with E-state index in [0.29, 0.717) is 5.75 Å². The molecule has 3 rings (SSSR count). The highest BCUT2D eigenvalue weighted by Gasteiger charge is 2.19. The Kier molecular flexibility index (Phi) is 3.64. The van der Waals surface area contributed by atoms with E-state index in [4.69, 9.17) is 14.2 Å². The van der Waals surface area contributed by atoms with Crippen LogP contribution in [0.3, 0.4) is 0 Å². The first kappa shape index (κ1) is 13.7. The second-order valence-electron chi connectivity index (χ2n) is 4.97. The summed E-state index contributed by atoms with van der Waals surface area (Å²) in [5, 5.41) is 0. The summed E-state index contributed by atoms with van der Waals surface area (Å²) in [6.07, 6.45) is 1.88. The molecule has 5 nitrogen and oxygen atoms in total. The number of rotatable bonds is 4. The van der Waals surface area contributed by atoms with Crippen molar-refractivity contribution in [2.75, 3.05) is 13.9 Å². The van der Waals surface area contributed by atoms with Crippen LogP contribution in [0.5, 0.6) is 17.2 Å². The highest BCUT2D eigenvalue weighted by molar-refractivity contribution is 5.72. The molecule has 2 heterocycles. The third kappa shape index (κ3) is 2.63. The Balaban J connectivity index is 2.11. The number of fused-ring (bicyclic) bond motifs is 1. The Labute approximate surface area is 123 Å². The Morgan fingerprint density at radius 1 is 1.14 bits per heavy atom. The van der Waals surface area contributed by atoms with Gasteiger partial charge in [0.2, 0.25) is 6.79 Å². The molecule has 1 aromatic heterocycles. The quantitative estimate of drug-likeness (QED) is 0.864. The van der Waals surface area contributed by atoms with Gasteiger partial charge in [-0.3, -0.25) is 0 Å². The van der Waals surface area contributed by atoms with E-state index in [-0.39, 0.29) is 6.79 Å². The molecule has 0 saturated heterocycles. The van der Waals surface area contributed by atoms with Gasteiger partial charge in [0.1, 0.15) is 11.6 Å². The second-order valence-corrected chi connectivity index (χ2v) is 4.97. The molecule has 0 N–H and O–H groups in total. The van der Waals surface area contributed by atoms with Crippen LogP contribution < -0.4 is 14.2 Å². The van der Waals surface area contributed by atoms with Crippen molar-refractivity contribution < 1.29 is 14.2 Å². The lowest BCUT2D eigenvalue weighted by Crippen LogP contribution is -2.00. The second kappa shape index (κ2) is 5.60. The molecule has 0 aliphatic carbocycles. The number of hydrogen-bond donors (Lipinski definition) is 0. The lowest BCUT2D eigenvalue weighted by atomic mass is 10.1. The number of benzene rings is 1. The monoisotopic (exact) mass is 286 g/mol. The van der Waals surface area contributed by atoms with Gasteiger partial charge in [0, 0.05) is 23.7 Å². The first-order valence-electron chi connectivity index (χ1n) is 7.04. The molecule has 21 heavy (non-hydrogen) atoms. The van der Waals surface area contributed by atoms with Crippen molar-refractivity contribution in [2.24, 2.45) is 0 Å². The summed E-state index contributed by atoms with van der Waals surface area (Å²) >= 11 is 0. The van der Waals surface area contributed by atoms with Gasteiger partial charge < -0.3 is 14.2 Å². The minimum absolute atomic E-state index is 0.242. The maximum atomic E-state index is 5.47. The molecule has 110 valence electrons. The van der Waals surface area contributed by atoms with Crippen LogP contribution >= 0.6 is 0 Å². The van der Waals surface area contributed by atoms with Gasteiger partial charge in [0.15, 0.2) is 11.5 Å². The highest BCUT2D eigenvalue weighted by Crippen LogP contribution is 2.42. The zero-order valence-electron chi connectivity index (χ0n) is 12.5. The summed E-state index contributed by atoms with van der Waals surface area (Å²) in [4.78, 5) is 9.11. The SMILES string of the molecule is CCCc1nc(C)cc(-c2cc3c(cc2OC)OCO3)n1. The predicted octanol–water partition coefficient (Wildman–Crippen LogP) is 3.14. The molecule has 0 atom stereocenters. The predicted molar refractivity (Wildman–Crippen MR) is 78.9 cm³/mol. The van der Waals surface area contributed by atoms with Gasteiger partial charge in [-0.15, -0.1) is 0 Å². The van der Waals surface area contributed by atoms with Crippen LogP contribution in [0.4, 0.5) is 0 Å². The van der Waals surface area contributed by atoms with Gasteiger partial charge in [0.05, 0.1) is 12.8 Å². The molecule has 1 aliphatic heterocycles. The van der Waals surface area contributed by atoms with Crippen molar-refractivity contribution in [3.05, 3.63) is 29.7 Å². The molecule has 0 radical (unpaired) electrons. The van der Waals surface area contributed by atoms with E-state index in [1.807, 2.05) is 25.1 Å². The number of aryl methyl sites for hydroxylation is 2. The van der Waals surface area contributed by atoms with Crippen molar-refractivity contribution in [1.29, 1.82) is 0 Å². The lowest BCUT2D eigenvalue weighted by Gasteiger charge is -2.11. The average Bonchev–Trinajstić information content (AvgIpc) is 2.92. The fraction of sp³-hybridized carbons (Fsp3) is 0.375. The molecule has 0 bridgehead atoms. The molecule has 0 saturated carbocycles. The number of ether oxygens (including phenoxy) is 3. The molecule has 1 aromatic carbocycles. The van der Waals surface area contributed by atoms with E-state index in [1.165, 1.54) is 0 Å². The molecular weight excluding hydrogens is 268 g/mol. The van der Waals surface area contributed by atoms with Crippen LogP contribution in [0.1, 0.15) is 24.9 Å². The van der Waals surface area contributed by atoms with Gasteiger partial charge in [0.25, 0.3) is 0 Å². The Bertz CT molecular complexity index is 671. The van der Waals surface area contributed by atoms with Crippen LogP contribution in [0.15, 0.2) is 18.2 Å². The van der Waals surface area contributed by atoms with Crippen LogP contribution in [-0.2, 0) is 6.42 Å². The van der Waals surface area contributed by atoms with Crippen molar-refractivity contribution in [1.82, 2.24) is 9.97 Å². The molecule has 0 fully saturated rings. The zero-order chi connectivity index (χ0) is 14.8. The lowest BCUT2D eigenvalue weighted by molar-refractivity contribution is 0.174. The maximum Gasteiger partial charge on any atom is 0.231 e. The Morgan fingerprint density at radius 3 is 2.62 bits per heavy atom. The first-order valence-corrected chi connectivity index (χ1v) is 7.04. The molecule has 0 spiro atoms. The van der Waals surface area contributed by atoms with E-state index >= 15 is 0 Å². The van der Waals surface area contributed by atoms with Gasteiger partial charge in [-0.2, -0.15) is 0 Å². The fourth-order valence-electron chi connectivity index (χ4n) is 2.40. The summed E-state index contributed by atoms with van der Waals surface area (Å²) in [6.45, 7) is 4.34. The highest BCUT2D eigenvalue weighted by atomic mass is 16.7. The number of nitrogens with zero attached hydrogens (tertiary/aromatic N) is 2. The Hall–Kier alpha value is -2.30. The number of methoxy groups -OCH3 is 1. The first-order chi connectivity index (χ1) is 10.2. The largest absolute Gasteiger partial charge is 0.496 e. The third-order valence-corrected chi connectivity index (χ3v) is 3.34. The van der Waals surface area contributed by atoms with E-state index in [2.05, 4.69) is 16.9 Å². The molecule has 1 aliphatic rings. The minimum Gasteiger partial charge on any atom is -0.496 e. The smallest absolute Gasteiger partial charge is 0.231 e. The summed E-state index contributed by atoms with van der Waals surface area (Å²) in [6, 6.07) is 5.71. The van der Waals surface area contributed by atoms with Crippen molar-refractivity contribution in [2.45, 2.75) is 26.7 Å². The average molecular weight is 286 g/mol. The van der Waals surface area contributed by atoms with Crippen molar-refractivity contribution in [3.63, 3.8) is 0 Å². The summed E-state index contributed by atoms with van der Waals surface area (Å²) in [7, 11) is 1.64. The van der Waals surface area contributed by atoms with E-state index in [1.54, 1.807) is 7.11 Å².